The highest BCUT2D eigenvalue weighted by Gasteiger charge is 2.13. The summed E-state index contributed by atoms with van der Waals surface area (Å²) in [5.41, 5.74) is 9.46. The van der Waals surface area contributed by atoms with Crippen molar-refractivity contribution in [1.29, 1.82) is 0 Å². The zero-order valence-electron chi connectivity index (χ0n) is 10.3. The Labute approximate surface area is 102 Å². The summed E-state index contributed by atoms with van der Waals surface area (Å²) in [6.07, 6.45) is 5.31. The Morgan fingerprint density at radius 3 is 2.71 bits per heavy atom. The van der Waals surface area contributed by atoms with Crippen LogP contribution in [0.1, 0.15) is 35.5 Å². The van der Waals surface area contributed by atoms with Crippen LogP contribution in [0.25, 0.3) is 0 Å². The molecule has 2 aromatic heterocycles. The van der Waals surface area contributed by atoms with Gasteiger partial charge in [0.1, 0.15) is 5.76 Å². The van der Waals surface area contributed by atoms with E-state index in [-0.39, 0.29) is 6.04 Å². The van der Waals surface area contributed by atoms with Crippen molar-refractivity contribution in [1.82, 2.24) is 4.98 Å². The van der Waals surface area contributed by atoms with Crippen molar-refractivity contribution in [3.05, 3.63) is 53.2 Å². The number of furan rings is 1. The van der Waals surface area contributed by atoms with Crippen molar-refractivity contribution in [2.75, 3.05) is 0 Å². The maximum absolute atomic E-state index is 6.11. The Morgan fingerprint density at radius 1 is 1.35 bits per heavy atom. The first-order chi connectivity index (χ1) is 8.20. The van der Waals surface area contributed by atoms with Crippen LogP contribution in [0.5, 0.6) is 0 Å². The Hall–Kier alpha value is -1.61. The highest BCUT2D eigenvalue weighted by molar-refractivity contribution is 5.21. The summed E-state index contributed by atoms with van der Waals surface area (Å²) in [6.45, 7) is 4.13. The van der Waals surface area contributed by atoms with Gasteiger partial charge >= 0.3 is 0 Å². The Balaban J connectivity index is 2.07. The van der Waals surface area contributed by atoms with Crippen LogP contribution >= 0.6 is 0 Å². The zero-order chi connectivity index (χ0) is 12.3. The second-order valence-corrected chi connectivity index (χ2v) is 4.29. The van der Waals surface area contributed by atoms with Crippen molar-refractivity contribution in [3.8, 4) is 0 Å². The van der Waals surface area contributed by atoms with E-state index in [1.54, 1.807) is 6.26 Å². The van der Waals surface area contributed by atoms with Gasteiger partial charge in [-0.15, -0.1) is 0 Å². The lowest BCUT2D eigenvalue weighted by Gasteiger charge is -2.09. The van der Waals surface area contributed by atoms with Crippen molar-refractivity contribution < 1.29 is 4.42 Å². The van der Waals surface area contributed by atoms with Gasteiger partial charge in [-0.2, -0.15) is 0 Å². The van der Waals surface area contributed by atoms with Gasteiger partial charge in [-0.3, -0.25) is 4.98 Å². The van der Waals surface area contributed by atoms with E-state index < -0.39 is 0 Å². The molecule has 0 saturated heterocycles. The molecule has 3 heteroatoms. The van der Waals surface area contributed by atoms with Crippen molar-refractivity contribution in [2.24, 2.45) is 5.73 Å². The number of hydrogen-bond donors (Lipinski definition) is 1. The summed E-state index contributed by atoms with van der Waals surface area (Å²) in [6, 6.07) is 5.95. The van der Waals surface area contributed by atoms with E-state index in [1.807, 2.05) is 25.3 Å². The SMILES string of the molecule is CCc1ccc(CC(N)c2occc2C)nc1. The van der Waals surface area contributed by atoms with Crippen LogP contribution in [0.2, 0.25) is 0 Å². The lowest BCUT2D eigenvalue weighted by molar-refractivity contribution is 0.460. The van der Waals surface area contributed by atoms with Gasteiger partial charge in [-0.1, -0.05) is 13.0 Å². The molecule has 2 rings (SSSR count). The van der Waals surface area contributed by atoms with Gasteiger partial charge in [0.25, 0.3) is 0 Å². The predicted octanol–water partition coefficient (Wildman–Crippen LogP) is 2.79. The van der Waals surface area contributed by atoms with E-state index in [2.05, 4.69) is 18.0 Å². The molecular weight excluding hydrogens is 212 g/mol. The Kier molecular flexibility index (Phi) is 3.59. The second-order valence-electron chi connectivity index (χ2n) is 4.29. The number of aromatic nitrogens is 1. The number of rotatable bonds is 4. The fourth-order valence-corrected chi connectivity index (χ4v) is 1.87. The molecule has 0 amide bonds. The molecule has 2 heterocycles. The van der Waals surface area contributed by atoms with Gasteiger partial charge < -0.3 is 10.2 Å². The molecule has 90 valence electrons. The van der Waals surface area contributed by atoms with E-state index in [1.165, 1.54) is 5.56 Å². The van der Waals surface area contributed by atoms with Crippen LogP contribution in [0.15, 0.2) is 35.1 Å². The summed E-state index contributed by atoms with van der Waals surface area (Å²) in [4.78, 5) is 4.41. The normalized spacial score (nSPS) is 12.6. The molecule has 0 bridgehead atoms. The maximum atomic E-state index is 6.11. The van der Waals surface area contributed by atoms with Gasteiger partial charge in [0.2, 0.25) is 0 Å². The molecule has 0 aromatic carbocycles. The first kappa shape index (κ1) is 11.9. The van der Waals surface area contributed by atoms with Crippen LogP contribution in [0, 0.1) is 6.92 Å². The third kappa shape index (κ3) is 2.74. The molecule has 0 spiro atoms. The van der Waals surface area contributed by atoms with Gasteiger partial charge in [0.15, 0.2) is 0 Å². The number of nitrogens with two attached hydrogens (primary N) is 1. The molecule has 2 N–H and O–H groups in total. The van der Waals surface area contributed by atoms with E-state index in [0.717, 1.165) is 23.4 Å². The zero-order valence-corrected chi connectivity index (χ0v) is 10.3. The van der Waals surface area contributed by atoms with E-state index in [9.17, 15) is 0 Å². The average molecular weight is 230 g/mol. The fourth-order valence-electron chi connectivity index (χ4n) is 1.87. The molecule has 2 aromatic rings. The second kappa shape index (κ2) is 5.15. The average Bonchev–Trinajstić information content (AvgIpc) is 2.76. The first-order valence-corrected chi connectivity index (χ1v) is 5.94. The van der Waals surface area contributed by atoms with Gasteiger partial charge in [0.05, 0.1) is 12.3 Å². The third-order valence-corrected chi connectivity index (χ3v) is 2.96. The highest BCUT2D eigenvalue weighted by atomic mass is 16.3. The summed E-state index contributed by atoms with van der Waals surface area (Å²) in [5, 5.41) is 0. The molecular formula is C14H18N2O. The molecule has 1 unspecified atom stereocenters. The van der Waals surface area contributed by atoms with Gasteiger partial charge in [-0.05, 0) is 36.6 Å². The first-order valence-electron chi connectivity index (χ1n) is 5.94. The quantitative estimate of drug-likeness (QED) is 0.878. The highest BCUT2D eigenvalue weighted by Crippen LogP contribution is 2.19. The van der Waals surface area contributed by atoms with Gasteiger partial charge in [-0.25, -0.2) is 0 Å². The molecule has 3 nitrogen and oxygen atoms in total. The number of aryl methyl sites for hydroxylation is 2. The molecule has 0 aliphatic heterocycles. The predicted molar refractivity (Wildman–Crippen MR) is 67.7 cm³/mol. The molecule has 17 heavy (non-hydrogen) atoms. The molecule has 0 saturated carbocycles. The molecule has 0 fully saturated rings. The molecule has 0 aliphatic carbocycles. The topological polar surface area (TPSA) is 52.0 Å². The maximum Gasteiger partial charge on any atom is 0.123 e. The van der Waals surface area contributed by atoms with Crippen LogP contribution in [0.3, 0.4) is 0 Å². The lowest BCUT2D eigenvalue weighted by atomic mass is 10.1. The Morgan fingerprint density at radius 2 is 2.18 bits per heavy atom. The number of nitrogens with zero attached hydrogens (tertiary/aromatic N) is 1. The third-order valence-electron chi connectivity index (χ3n) is 2.96. The summed E-state index contributed by atoms with van der Waals surface area (Å²) in [5.74, 6) is 0.853. The molecule has 1 atom stereocenters. The minimum atomic E-state index is -0.120. The number of pyridine rings is 1. The smallest absolute Gasteiger partial charge is 0.123 e. The van der Waals surface area contributed by atoms with E-state index in [4.69, 9.17) is 10.2 Å². The van der Waals surface area contributed by atoms with Crippen LogP contribution in [-0.4, -0.2) is 4.98 Å². The summed E-state index contributed by atoms with van der Waals surface area (Å²) in [7, 11) is 0. The largest absolute Gasteiger partial charge is 0.467 e. The lowest BCUT2D eigenvalue weighted by Crippen LogP contribution is -2.14. The molecule has 0 aliphatic rings. The summed E-state index contributed by atoms with van der Waals surface area (Å²) < 4.78 is 5.39. The van der Waals surface area contributed by atoms with Crippen molar-refractivity contribution in [3.63, 3.8) is 0 Å². The van der Waals surface area contributed by atoms with Crippen molar-refractivity contribution in [2.45, 2.75) is 32.7 Å². The minimum absolute atomic E-state index is 0.120. The minimum Gasteiger partial charge on any atom is -0.467 e. The van der Waals surface area contributed by atoms with Crippen molar-refractivity contribution >= 4 is 0 Å². The van der Waals surface area contributed by atoms with E-state index >= 15 is 0 Å². The van der Waals surface area contributed by atoms with Crippen LogP contribution in [-0.2, 0) is 12.8 Å². The Bertz CT molecular complexity index is 473. The van der Waals surface area contributed by atoms with E-state index in [0.29, 0.717) is 6.42 Å². The summed E-state index contributed by atoms with van der Waals surface area (Å²) >= 11 is 0. The van der Waals surface area contributed by atoms with Crippen LogP contribution in [0.4, 0.5) is 0 Å². The number of hydrogen-bond acceptors (Lipinski definition) is 3. The standard InChI is InChI=1S/C14H18N2O/c1-3-11-4-5-12(16-9-11)8-13(15)14-10(2)6-7-17-14/h4-7,9,13H,3,8,15H2,1-2H3. The molecule has 0 radical (unpaired) electrons. The van der Waals surface area contributed by atoms with Gasteiger partial charge in [0, 0.05) is 18.3 Å². The monoisotopic (exact) mass is 230 g/mol. The fraction of sp³-hybridized carbons (Fsp3) is 0.357. The van der Waals surface area contributed by atoms with Crippen LogP contribution < -0.4 is 5.73 Å².